The topological polar surface area (TPSA) is 72.1 Å². The van der Waals surface area contributed by atoms with Crippen molar-refractivity contribution >= 4 is 16.8 Å². The van der Waals surface area contributed by atoms with Crippen LogP contribution in [0.5, 0.6) is 0 Å². The van der Waals surface area contributed by atoms with Crippen molar-refractivity contribution in [3.05, 3.63) is 53.3 Å². The van der Waals surface area contributed by atoms with Gasteiger partial charge in [0.05, 0.1) is 16.8 Å². The molecule has 0 spiro atoms. The highest BCUT2D eigenvalue weighted by Gasteiger charge is 2.28. The molecule has 4 rings (SSSR count). The van der Waals surface area contributed by atoms with Gasteiger partial charge in [-0.3, -0.25) is 9.78 Å². The maximum Gasteiger partial charge on any atom is 0.255 e. The van der Waals surface area contributed by atoms with Gasteiger partial charge in [-0.1, -0.05) is 23.4 Å². The summed E-state index contributed by atoms with van der Waals surface area (Å²) >= 11 is 0. The number of piperidine rings is 1. The molecular formula is C19H20N4O2. The van der Waals surface area contributed by atoms with Crippen LogP contribution >= 0.6 is 0 Å². The fourth-order valence-electron chi connectivity index (χ4n) is 3.56. The lowest BCUT2D eigenvalue weighted by atomic mass is 9.96. The van der Waals surface area contributed by atoms with Gasteiger partial charge in [-0.05, 0) is 38.3 Å². The summed E-state index contributed by atoms with van der Waals surface area (Å²) in [4.78, 5) is 23.8. The molecule has 0 N–H and O–H groups in total. The Morgan fingerprint density at radius 3 is 3.00 bits per heavy atom. The van der Waals surface area contributed by atoms with E-state index in [9.17, 15) is 4.79 Å². The summed E-state index contributed by atoms with van der Waals surface area (Å²) in [6, 6.07) is 8.00. The van der Waals surface area contributed by atoms with Crippen molar-refractivity contribution in [1.29, 1.82) is 0 Å². The van der Waals surface area contributed by atoms with Crippen LogP contribution in [0.25, 0.3) is 10.9 Å². The quantitative estimate of drug-likeness (QED) is 0.718. The van der Waals surface area contributed by atoms with Crippen molar-refractivity contribution in [3.63, 3.8) is 0 Å². The van der Waals surface area contributed by atoms with Crippen LogP contribution in [0, 0.1) is 13.8 Å². The zero-order valence-electron chi connectivity index (χ0n) is 14.4. The van der Waals surface area contributed by atoms with Gasteiger partial charge >= 0.3 is 0 Å². The molecule has 3 aromatic rings. The molecule has 0 unspecified atom stereocenters. The molecule has 2 aromatic heterocycles. The highest BCUT2D eigenvalue weighted by Crippen LogP contribution is 2.27. The predicted molar refractivity (Wildman–Crippen MR) is 93.4 cm³/mol. The van der Waals surface area contributed by atoms with Gasteiger partial charge in [0.2, 0.25) is 6.39 Å². The second kappa shape index (κ2) is 6.27. The number of carbonyl (C=O) groups excluding carboxylic acids is 1. The summed E-state index contributed by atoms with van der Waals surface area (Å²) in [5, 5.41) is 4.94. The first-order chi connectivity index (χ1) is 12.1. The molecule has 1 aromatic carbocycles. The van der Waals surface area contributed by atoms with Crippen LogP contribution in [-0.4, -0.2) is 39.0 Å². The van der Waals surface area contributed by atoms with Gasteiger partial charge < -0.3 is 9.42 Å². The summed E-state index contributed by atoms with van der Waals surface area (Å²) in [6.07, 6.45) is 3.25. The maximum atomic E-state index is 13.1. The van der Waals surface area contributed by atoms with Gasteiger partial charge in [-0.25, -0.2) is 0 Å². The number of nitrogens with zero attached hydrogens (tertiary/aromatic N) is 4. The molecule has 1 amide bonds. The Bertz CT molecular complexity index is 921. The minimum Gasteiger partial charge on any atom is -0.343 e. The Labute approximate surface area is 145 Å². The summed E-state index contributed by atoms with van der Waals surface area (Å²) in [7, 11) is 0. The third-order valence-electron chi connectivity index (χ3n) is 4.92. The second-order valence-corrected chi connectivity index (χ2v) is 6.65. The molecule has 6 nitrogen and oxygen atoms in total. The predicted octanol–water partition coefficient (Wildman–Crippen LogP) is 3.25. The lowest BCUT2D eigenvalue weighted by molar-refractivity contribution is 0.0702. The van der Waals surface area contributed by atoms with E-state index in [-0.39, 0.29) is 11.8 Å². The molecule has 1 aliphatic rings. The highest BCUT2D eigenvalue weighted by molar-refractivity contribution is 5.99. The first kappa shape index (κ1) is 15.7. The van der Waals surface area contributed by atoms with Crippen LogP contribution in [0.3, 0.4) is 0 Å². The minimum atomic E-state index is 0.0293. The smallest absolute Gasteiger partial charge is 0.255 e. The monoisotopic (exact) mass is 336 g/mol. The number of hydrogen-bond acceptors (Lipinski definition) is 5. The van der Waals surface area contributed by atoms with Crippen LogP contribution in [0.4, 0.5) is 0 Å². The normalized spacial score (nSPS) is 17.8. The lowest BCUT2D eigenvalue weighted by Gasteiger charge is -2.31. The van der Waals surface area contributed by atoms with Gasteiger partial charge in [-0.15, -0.1) is 0 Å². The van der Waals surface area contributed by atoms with E-state index in [1.807, 2.05) is 43.0 Å². The van der Waals surface area contributed by atoms with E-state index in [4.69, 9.17) is 4.52 Å². The number of para-hydroxylation sites is 1. The van der Waals surface area contributed by atoms with Crippen LogP contribution in [0.1, 0.15) is 46.2 Å². The molecule has 128 valence electrons. The Morgan fingerprint density at radius 2 is 2.20 bits per heavy atom. The summed E-state index contributed by atoms with van der Waals surface area (Å²) < 4.78 is 4.85. The molecule has 25 heavy (non-hydrogen) atoms. The van der Waals surface area contributed by atoms with Crippen molar-refractivity contribution < 1.29 is 9.32 Å². The maximum absolute atomic E-state index is 13.1. The lowest BCUT2D eigenvalue weighted by Crippen LogP contribution is -2.39. The molecule has 1 aliphatic heterocycles. The summed E-state index contributed by atoms with van der Waals surface area (Å²) in [5.74, 6) is 0.843. The van der Waals surface area contributed by atoms with Crippen LogP contribution in [-0.2, 0) is 0 Å². The van der Waals surface area contributed by atoms with Crippen LogP contribution in [0.2, 0.25) is 0 Å². The molecule has 0 aliphatic carbocycles. The van der Waals surface area contributed by atoms with Crippen molar-refractivity contribution in [1.82, 2.24) is 20.0 Å². The van der Waals surface area contributed by atoms with Gasteiger partial charge in [0.25, 0.3) is 5.91 Å². The van der Waals surface area contributed by atoms with Crippen molar-refractivity contribution in [2.24, 2.45) is 0 Å². The Morgan fingerprint density at radius 1 is 1.32 bits per heavy atom. The Hall–Kier alpha value is -2.76. The van der Waals surface area contributed by atoms with Gasteiger partial charge in [0, 0.05) is 24.4 Å². The van der Waals surface area contributed by atoms with Gasteiger partial charge in [-0.2, -0.15) is 4.98 Å². The first-order valence-corrected chi connectivity index (χ1v) is 8.56. The molecule has 6 heteroatoms. The average Bonchev–Trinajstić information content (AvgIpc) is 3.16. The summed E-state index contributed by atoms with van der Waals surface area (Å²) in [6.45, 7) is 5.30. The number of likely N-dealkylation sites (tertiary alicyclic amines) is 1. The van der Waals surface area contributed by atoms with Crippen LogP contribution < -0.4 is 0 Å². The van der Waals surface area contributed by atoms with E-state index in [1.54, 1.807) is 0 Å². The molecule has 1 saturated heterocycles. The largest absolute Gasteiger partial charge is 0.343 e. The molecule has 0 bridgehead atoms. The van der Waals surface area contributed by atoms with Crippen molar-refractivity contribution in [2.75, 3.05) is 13.1 Å². The van der Waals surface area contributed by atoms with E-state index in [0.717, 1.165) is 41.5 Å². The fraction of sp³-hybridized carbons (Fsp3) is 0.368. The number of benzene rings is 1. The number of amides is 1. The highest BCUT2D eigenvalue weighted by atomic mass is 16.5. The summed E-state index contributed by atoms with van der Waals surface area (Å²) in [5.41, 5.74) is 3.52. The standard InChI is InChI=1S/C19H20N4O2/c1-12-5-3-6-14-9-16(13(2)21-17(12)14)19(24)23-8-4-7-15(10-23)18-20-11-25-22-18/h3,5-6,9,11,15H,4,7-8,10H2,1-2H3/t15-/m0/s1. The number of aromatic nitrogens is 3. The average molecular weight is 336 g/mol. The van der Waals surface area contributed by atoms with E-state index in [2.05, 4.69) is 15.1 Å². The number of fused-ring (bicyclic) bond motifs is 1. The molecular weight excluding hydrogens is 316 g/mol. The number of rotatable bonds is 2. The van der Waals surface area contributed by atoms with Gasteiger partial charge in [0.1, 0.15) is 0 Å². The zero-order valence-corrected chi connectivity index (χ0v) is 14.4. The first-order valence-electron chi connectivity index (χ1n) is 8.56. The number of carbonyl (C=O) groups is 1. The molecule has 1 fully saturated rings. The van der Waals surface area contributed by atoms with Crippen molar-refractivity contribution in [2.45, 2.75) is 32.6 Å². The SMILES string of the molecule is Cc1nc2c(C)cccc2cc1C(=O)N1CCC[C@H](c2ncon2)C1. The third kappa shape index (κ3) is 2.88. The van der Waals surface area contributed by atoms with Crippen LogP contribution in [0.15, 0.2) is 35.2 Å². The minimum absolute atomic E-state index is 0.0293. The molecule has 3 heterocycles. The van der Waals surface area contributed by atoms with E-state index in [0.29, 0.717) is 17.9 Å². The Balaban J connectivity index is 1.64. The second-order valence-electron chi connectivity index (χ2n) is 6.65. The third-order valence-corrected chi connectivity index (χ3v) is 4.92. The Kier molecular flexibility index (Phi) is 3.95. The number of pyridine rings is 1. The molecule has 0 radical (unpaired) electrons. The number of aryl methyl sites for hydroxylation is 2. The fourth-order valence-corrected chi connectivity index (χ4v) is 3.56. The van der Waals surface area contributed by atoms with E-state index in [1.165, 1.54) is 6.39 Å². The molecule has 0 saturated carbocycles. The zero-order chi connectivity index (χ0) is 17.4. The number of hydrogen-bond donors (Lipinski definition) is 0. The van der Waals surface area contributed by atoms with Crippen molar-refractivity contribution in [3.8, 4) is 0 Å². The van der Waals surface area contributed by atoms with Gasteiger partial charge in [0.15, 0.2) is 5.82 Å². The molecule has 1 atom stereocenters. The van der Waals surface area contributed by atoms with E-state index >= 15 is 0 Å². The van der Waals surface area contributed by atoms with E-state index < -0.39 is 0 Å².